The number of fused-ring (bicyclic) bond motifs is 1. The highest BCUT2D eigenvalue weighted by Gasteiger charge is 2.31. The van der Waals surface area contributed by atoms with Gasteiger partial charge in [0.25, 0.3) is 5.91 Å². The lowest BCUT2D eigenvalue weighted by atomic mass is 9.97. The molecule has 0 unspecified atom stereocenters. The molecule has 0 aliphatic carbocycles. The minimum Gasteiger partial charge on any atom is -0.406 e. The summed E-state index contributed by atoms with van der Waals surface area (Å²) in [6.45, 7) is 2.67. The summed E-state index contributed by atoms with van der Waals surface area (Å²) in [4.78, 5) is 18.6. The number of alkyl halides is 3. The van der Waals surface area contributed by atoms with Gasteiger partial charge in [-0.25, -0.2) is 0 Å². The van der Waals surface area contributed by atoms with Crippen molar-refractivity contribution >= 4 is 5.91 Å². The molecule has 1 aliphatic rings. The first-order chi connectivity index (χ1) is 13.8. The number of rotatable bonds is 4. The van der Waals surface area contributed by atoms with E-state index in [0.717, 1.165) is 27.8 Å². The Bertz CT molecular complexity index is 1050. The lowest BCUT2D eigenvalue weighted by molar-refractivity contribution is -0.274. The smallest absolute Gasteiger partial charge is 0.406 e. The molecule has 1 amide bonds. The number of aryl methyl sites for hydroxylation is 1. The van der Waals surface area contributed by atoms with Gasteiger partial charge in [0.1, 0.15) is 5.75 Å². The summed E-state index contributed by atoms with van der Waals surface area (Å²) in [5.74, 6) is -0.357. The minimum absolute atomic E-state index is 0.0746. The zero-order chi connectivity index (χ0) is 20.6. The number of hydrogen-bond acceptors (Lipinski definition) is 3. The van der Waals surface area contributed by atoms with Crippen LogP contribution in [-0.2, 0) is 13.1 Å². The summed E-state index contributed by atoms with van der Waals surface area (Å²) in [5.41, 5.74) is 5.31. The van der Waals surface area contributed by atoms with Crippen LogP contribution in [0.1, 0.15) is 27.0 Å². The Labute approximate surface area is 165 Å². The van der Waals surface area contributed by atoms with Crippen LogP contribution in [-0.4, -0.2) is 22.2 Å². The SMILES string of the molecule is Cc1cc(-c2ccncc2)cc2c1C(=O)N(Cc1ccc(OC(F)(F)F)cc1)C2. The summed E-state index contributed by atoms with van der Waals surface area (Å²) < 4.78 is 40.7. The number of aromatic nitrogens is 1. The molecule has 148 valence electrons. The number of ether oxygens (including phenoxy) is 1. The van der Waals surface area contributed by atoms with Crippen molar-refractivity contribution in [3.8, 4) is 16.9 Å². The Morgan fingerprint density at radius 2 is 1.72 bits per heavy atom. The number of hydrogen-bond donors (Lipinski definition) is 0. The first kappa shape index (κ1) is 19.0. The van der Waals surface area contributed by atoms with E-state index >= 15 is 0 Å². The Hall–Kier alpha value is -3.35. The molecule has 0 saturated heterocycles. The zero-order valence-corrected chi connectivity index (χ0v) is 15.5. The summed E-state index contributed by atoms with van der Waals surface area (Å²) in [7, 11) is 0. The van der Waals surface area contributed by atoms with Crippen LogP contribution in [0, 0.1) is 6.92 Å². The van der Waals surface area contributed by atoms with Crippen molar-refractivity contribution in [2.75, 3.05) is 0 Å². The van der Waals surface area contributed by atoms with Gasteiger partial charge in [-0.05, 0) is 65.1 Å². The van der Waals surface area contributed by atoms with Gasteiger partial charge in [-0.3, -0.25) is 9.78 Å². The highest BCUT2D eigenvalue weighted by Crippen LogP contribution is 2.32. The van der Waals surface area contributed by atoms with Crippen LogP contribution in [0.4, 0.5) is 13.2 Å². The number of amides is 1. The van der Waals surface area contributed by atoms with Gasteiger partial charge in [-0.2, -0.15) is 0 Å². The van der Waals surface area contributed by atoms with Crippen LogP contribution in [0.2, 0.25) is 0 Å². The van der Waals surface area contributed by atoms with Crippen LogP contribution < -0.4 is 4.74 Å². The molecular formula is C22H17F3N2O2. The lowest BCUT2D eigenvalue weighted by Gasteiger charge is -2.16. The molecule has 0 fully saturated rings. The molecule has 0 saturated carbocycles. The van der Waals surface area contributed by atoms with Gasteiger partial charge in [0.15, 0.2) is 0 Å². The Morgan fingerprint density at radius 1 is 1.03 bits per heavy atom. The molecule has 2 heterocycles. The quantitative estimate of drug-likeness (QED) is 0.613. The molecular weight excluding hydrogens is 381 g/mol. The van der Waals surface area contributed by atoms with Gasteiger partial charge in [0.05, 0.1) is 0 Å². The number of nitrogens with zero attached hydrogens (tertiary/aromatic N) is 2. The number of benzene rings is 2. The van der Waals surface area contributed by atoms with E-state index in [9.17, 15) is 18.0 Å². The fourth-order valence-electron chi connectivity index (χ4n) is 3.58. The van der Waals surface area contributed by atoms with Crippen molar-refractivity contribution in [3.05, 3.63) is 83.2 Å². The van der Waals surface area contributed by atoms with E-state index < -0.39 is 6.36 Å². The van der Waals surface area contributed by atoms with Crippen molar-refractivity contribution in [2.45, 2.75) is 26.4 Å². The molecule has 1 aliphatic heterocycles. The van der Waals surface area contributed by atoms with E-state index in [1.807, 2.05) is 31.2 Å². The molecule has 0 N–H and O–H groups in total. The molecule has 29 heavy (non-hydrogen) atoms. The number of halogens is 3. The van der Waals surface area contributed by atoms with E-state index in [-0.39, 0.29) is 11.7 Å². The van der Waals surface area contributed by atoms with Crippen LogP contribution in [0.5, 0.6) is 5.75 Å². The van der Waals surface area contributed by atoms with E-state index in [1.165, 1.54) is 24.3 Å². The highest BCUT2D eigenvalue weighted by molar-refractivity contribution is 6.00. The lowest BCUT2D eigenvalue weighted by Crippen LogP contribution is -2.23. The van der Waals surface area contributed by atoms with E-state index in [1.54, 1.807) is 17.3 Å². The molecule has 0 spiro atoms. The number of pyridine rings is 1. The molecule has 4 nitrogen and oxygen atoms in total. The summed E-state index contributed by atoms with van der Waals surface area (Å²) in [6.07, 6.45) is -1.28. The Balaban J connectivity index is 1.53. The fourth-order valence-corrected chi connectivity index (χ4v) is 3.58. The van der Waals surface area contributed by atoms with Crippen LogP contribution >= 0.6 is 0 Å². The first-order valence-corrected chi connectivity index (χ1v) is 8.98. The van der Waals surface area contributed by atoms with Crippen LogP contribution in [0.3, 0.4) is 0 Å². The highest BCUT2D eigenvalue weighted by atomic mass is 19.4. The topological polar surface area (TPSA) is 42.4 Å². The van der Waals surface area contributed by atoms with Crippen LogP contribution in [0.25, 0.3) is 11.1 Å². The largest absolute Gasteiger partial charge is 0.573 e. The van der Waals surface area contributed by atoms with Gasteiger partial charge in [-0.15, -0.1) is 13.2 Å². The average molecular weight is 398 g/mol. The zero-order valence-electron chi connectivity index (χ0n) is 15.5. The third kappa shape index (κ3) is 4.08. The van der Waals surface area contributed by atoms with Gasteiger partial charge < -0.3 is 9.64 Å². The predicted octanol–water partition coefficient (Wildman–Crippen LogP) is 5.11. The minimum atomic E-state index is -4.72. The molecule has 3 aromatic rings. The maximum Gasteiger partial charge on any atom is 0.573 e. The summed E-state index contributed by atoms with van der Waals surface area (Å²) in [6, 6.07) is 13.4. The molecule has 4 rings (SSSR count). The molecule has 0 bridgehead atoms. The van der Waals surface area contributed by atoms with Crippen molar-refractivity contribution in [1.82, 2.24) is 9.88 Å². The van der Waals surface area contributed by atoms with E-state index in [4.69, 9.17) is 0 Å². The van der Waals surface area contributed by atoms with Crippen molar-refractivity contribution < 1.29 is 22.7 Å². The van der Waals surface area contributed by atoms with E-state index in [0.29, 0.717) is 18.7 Å². The van der Waals surface area contributed by atoms with Crippen molar-refractivity contribution in [1.29, 1.82) is 0 Å². The van der Waals surface area contributed by atoms with Gasteiger partial charge in [0.2, 0.25) is 0 Å². The predicted molar refractivity (Wildman–Crippen MR) is 101 cm³/mol. The number of carbonyl (C=O) groups is 1. The van der Waals surface area contributed by atoms with Crippen molar-refractivity contribution in [2.24, 2.45) is 0 Å². The Kier molecular flexibility index (Phi) is 4.74. The third-order valence-electron chi connectivity index (χ3n) is 4.82. The van der Waals surface area contributed by atoms with Gasteiger partial charge in [0, 0.05) is 31.0 Å². The van der Waals surface area contributed by atoms with E-state index in [2.05, 4.69) is 9.72 Å². The molecule has 7 heteroatoms. The summed E-state index contributed by atoms with van der Waals surface area (Å²) >= 11 is 0. The second kappa shape index (κ2) is 7.24. The first-order valence-electron chi connectivity index (χ1n) is 8.98. The molecule has 0 atom stereocenters. The van der Waals surface area contributed by atoms with Crippen molar-refractivity contribution in [3.63, 3.8) is 0 Å². The average Bonchev–Trinajstić information content (AvgIpc) is 2.99. The van der Waals surface area contributed by atoms with Gasteiger partial charge in [-0.1, -0.05) is 18.2 Å². The normalized spacial score (nSPS) is 13.5. The second-order valence-electron chi connectivity index (χ2n) is 6.92. The monoisotopic (exact) mass is 398 g/mol. The molecule has 2 aromatic carbocycles. The standard InChI is InChI=1S/C22H17F3N2O2/c1-14-10-17(16-6-8-26-9-7-16)11-18-13-27(21(28)20(14)18)12-15-2-4-19(5-3-15)29-22(23,24)25/h2-11H,12-13H2,1H3. The second-order valence-corrected chi connectivity index (χ2v) is 6.92. The Morgan fingerprint density at radius 3 is 2.38 bits per heavy atom. The molecule has 1 aromatic heterocycles. The maximum atomic E-state index is 12.9. The maximum absolute atomic E-state index is 12.9. The van der Waals surface area contributed by atoms with Crippen LogP contribution in [0.15, 0.2) is 60.9 Å². The van der Waals surface area contributed by atoms with Gasteiger partial charge >= 0.3 is 6.36 Å². The molecule has 0 radical (unpaired) electrons. The fraction of sp³-hybridized carbons (Fsp3) is 0.182. The summed E-state index contributed by atoms with van der Waals surface area (Å²) in [5, 5.41) is 0. The number of carbonyl (C=O) groups excluding carboxylic acids is 1. The third-order valence-corrected chi connectivity index (χ3v) is 4.82.